The summed E-state index contributed by atoms with van der Waals surface area (Å²) in [5.41, 5.74) is 1.50. The van der Waals surface area contributed by atoms with Gasteiger partial charge in [0.2, 0.25) is 0 Å². The molecule has 0 heterocycles. The first-order chi connectivity index (χ1) is 9.24. The molecule has 1 rings (SSSR count). The maximum absolute atomic E-state index is 2.43. The van der Waals surface area contributed by atoms with Crippen molar-refractivity contribution in [3.05, 3.63) is 35.9 Å². The Morgan fingerprint density at radius 2 is 1.47 bits per heavy atom. The third-order valence-corrected chi connectivity index (χ3v) is 4.26. The lowest BCUT2D eigenvalue weighted by Crippen LogP contribution is -2.00. The summed E-state index contributed by atoms with van der Waals surface area (Å²) in [5.74, 6) is 1.61. The molecule has 0 amide bonds. The van der Waals surface area contributed by atoms with Gasteiger partial charge in [-0.1, -0.05) is 96.0 Å². The van der Waals surface area contributed by atoms with Gasteiger partial charge < -0.3 is 0 Å². The molecule has 0 aliphatic heterocycles. The van der Waals surface area contributed by atoms with Crippen LogP contribution in [0, 0.1) is 5.92 Å². The van der Waals surface area contributed by atoms with E-state index in [0.29, 0.717) is 5.92 Å². The van der Waals surface area contributed by atoms with Gasteiger partial charge in [0.25, 0.3) is 0 Å². The van der Waals surface area contributed by atoms with E-state index >= 15 is 0 Å². The number of benzene rings is 1. The highest BCUT2D eigenvalue weighted by molar-refractivity contribution is 5.18. The van der Waals surface area contributed by atoms with E-state index in [1.165, 1.54) is 56.9 Å². The zero-order valence-corrected chi connectivity index (χ0v) is 13.2. The van der Waals surface area contributed by atoms with Crippen LogP contribution in [-0.4, -0.2) is 0 Å². The van der Waals surface area contributed by atoms with Crippen LogP contribution in [0.25, 0.3) is 0 Å². The second kappa shape index (κ2) is 10.1. The molecule has 0 bridgehead atoms. The van der Waals surface area contributed by atoms with Crippen molar-refractivity contribution in [1.29, 1.82) is 0 Å². The van der Waals surface area contributed by atoms with Crippen LogP contribution < -0.4 is 0 Å². The lowest BCUT2D eigenvalue weighted by molar-refractivity contribution is 0.430. The maximum atomic E-state index is 2.43. The summed E-state index contributed by atoms with van der Waals surface area (Å²) in [6, 6.07) is 10.9. The van der Waals surface area contributed by atoms with E-state index < -0.39 is 0 Å². The molecule has 0 heteroatoms. The van der Waals surface area contributed by atoms with Crippen molar-refractivity contribution in [3.8, 4) is 0 Å². The van der Waals surface area contributed by atoms with Gasteiger partial charge in [0.15, 0.2) is 0 Å². The van der Waals surface area contributed by atoms with Gasteiger partial charge in [-0.2, -0.15) is 0 Å². The van der Waals surface area contributed by atoms with Crippen molar-refractivity contribution in [2.75, 3.05) is 0 Å². The number of hydrogen-bond acceptors (Lipinski definition) is 0. The Morgan fingerprint density at radius 3 is 2.16 bits per heavy atom. The molecule has 0 spiro atoms. The third-order valence-electron chi connectivity index (χ3n) is 4.26. The van der Waals surface area contributed by atoms with Crippen LogP contribution in [-0.2, 0) is 0 Å². The van der Waals surface area contributed by atoms with E-state index in [9.17, 15) is 0 Å². The first-order valence-corrected chi connectivity index (χ1v) is 8.29. The minimum Gasteiger partial charge on any atom is -0.0654 e. The van der Waals surface area contributed by atoms with Gasteiger partial charge in [0, 0.05) is 0 Å². The zero-order valence-electron chi connectivity index (χ0n) is 13.2. The molecule has 0 saturated carbocycles. The maximum Gasteiger partial charge on any atom is -0.0190 e. The summed E-state index contributed by atoms with van der Waals surface area (Å²) < 4.78 is 0. The molecule has 1 aromatic carbocycles. The van der Waals surface area contributed by atoms with Gasteiger partial charge in [-0.25, -0.2) is 0 Å². The van der Waals surface area contributed by atoms with Crippen molar-refractivity contribution < 1.29 is 0 Å². The summed E-state index contributed by atoms with van der Waals surface area (Å²) >= 11 is 0. The largest absolute Gasteiger partial charge is 0.0654 e. The summed E-state index contributed by atoms with van der Waals surface area (Å²) in [6.07, 6.45) is 11.2. The monoisotopic (exact) mass is 260 g/mol. The van der Waals surface area contributed by atoms with E-state index in [1.54, 1.807) is 0 Å². The third kappa shape index (κ3) is 7.40. The Labute approximate surface area is 120 Å². The van der Waals surface area contributed by atoms with E-state index in [4.69, 9.17) is 0 Å². The Bertz CT molecular complexity index is 301. The van der Waals surface area contributed by atoms with E-state index in [-0.39, 0.29) is 0 Å². The summed E-state index contributed by atoms with van der Waals surface area (Å²) in [6.45, 7) is 7.08. The standard InChI is InChI=1S/C19H32/c1-4-5-6-7-9-12-17(2)15-16-18(3)19-13-10-8-11-14-19/h8,10-11,13-14,17-18H,4-7,9,12,15-16H2,1-3H3. The second-order valence-electron chi connectivity index (χ2n) is 6.20. The van der Waals surface area contributed by atoms with Gasteiger partial charge in [-0.15, -0.1) is 0 Å². The average Bonchev–Trinajstić information content (AvgIpc) is 2.45. The molecule has 0 aliphatic rings. The number of hydrogen-bond donors (Lipinski definition) is 0. The zero-order chi connectivity index (χ0) is 13.9. The highest BCUT2D eigenvalue weighted by Gasteiger charge is 2.08. The fourth-order valence-electron chi connectivity index (χ4n) is 2.72. The van der Waals surface area contributed by atoms with Crippen LogP contribution in [0.5, 0.6) is 0 Å². The van der Waals surface area contributed by atoms with E-state index in [2.05, 4.69) is 51.1 Å². The van der Waals surface area contributed by atoms with Crippen molar-refractivity contribution in [1.82, 2.24) is 0 Å². The fourth-order valence-corrected chi connectivity index (χ4v) is 2.72. The van der Waals surface area contributed by atoms with Gasteiger partial charge in [0.1, 0.15) is 0 Å². The molecule has 0 aromatic heterocycles. The highest BCUT2D eigenvalue weighted by Crippen LogP contribution is 2.24. The van der Waals surface area contributed by atoms with E-state index in [1.807, 2.05) is 0 Å². The van der Waals surface area contributed by atoms with Crippen LogP contribution in [0.15, 0.2) is 30.3 Å². The molecule has 0 aliphatic carbocycles. The molecule has 2 unspecified atom stereocenters. The van der Waals surface area contributed by atoms with E-state index in [0.717, 1.165) is 5.92 Å². The van der Waals surface area contributed by atoms with Crippen molar-refractivity contribution >= 4 is 0 Å². The topological polar surface area (TPSA) is 0 Å². The van der Waals surface area contributed by atoms with Crippen LogP contribution in [0.4, 0.5) is 0 Å². The first kappa shape index (κ1) is 16.3. The van der Waals surface area contributed by atoms with Crippen LogP contribution in [0.1, 0.15) is 83.6 Å². The smallest absolute Gasteiger partial charge is 0.0190 e. The normalized spacial score (nSPS) is 14.3. The molecule has 0 fully saturated rings. The van der Waals surface area contributed by atoms with Gasteiger partial charge in [-0.3, -0.25) is 0 Å². The number of unbranched alkanes of at least 4 members (excludes halogenated alkanes) is 4. The quantitative estimate of drug-likeness (QED) is 0.417. The average molecular weight is 260 g/mol. The predicted molar refractivity (Wildman–Crippen MR) is 86.6 cm³/mol. The molecule has 0 radical (unpaired) electrons. The van der Waals surface area contributed by atoms with Crippen LogP contribution in [0.3, 0.4) is 0 Å². The molecule has 0 saturated heterocycles. The Hall–Kier alpha value is -0.780. The van der Waals surface area contributed by atoms with Crippen molar-refractivity contribution in [2.24, 2.45) is 5.92 Å². The van der Waals surface area contributed by atoms with Crippen LogP contribution in [0.2, 0.25) is 0 Å². The summed E-state index contributed by atoms with van der Waals surface area (Å²) in [5, 5.41) is 0. The summed E-state index contributed by atoms with van der Waals surface area (Å²) in [4.78, 5) is 0. The minimum absolute atomic E-state index is 0.712. The Morgan fingerprint density at radius 1 is 0.789 bits per heavy atom. The SMILES string of the molecule is CCCCCCCC(C)CCC(C)c1ccccc1. The van der Waals surface area contributed by atoms with Gasteiger partial charge in [0.05, 0.1) is 0 Å². The molecule has 0 N–H and O–H groups in total. The second-order valence-corrected chi connectivity index (χ2v) is 6.20. The predicted octanol–water partition coefficient (Wildman–Crippen LogP) is 6.57. The Kier molecular flexibility index (Phi) is 8.62. The lowest BCUT2D eigenvalue weighted by Gasteiger charge is -2.16. The lowest BCUT2D eigenvalue weighted by atomic mass is 9.90. The summed E-state index contributed by atoms with van der Waals surface area (Å²) in [7, 11) is 0. The first-order valence-electron chi connectivity index (χ1n) is 8.29. The van der Waals surface area contributed by atoms with Gasteiger partial charge in [-0.05, 0) is 23.8 Å². The molecule has 2 atom stereocenters. The van der Waals surface area contributed by atoms with Crippen LogP contribution >= 0.6 is 0 Å². The Balaban J connectivity index is 2.11. The molecule has 1 aromatic rings. The minimum atomic E-state index is 0.712. The molecular weight excluding hydrogens is 228 g/mol. The molecule has 108 valence electrons. The number of rotatable bonds is 10. The molecule has 19 heavy (non-hydrogen) atoms. The van der Waals surface area contributed by atoms with Crippen molar-refractivity contribution in [2.45, 2.75) is 78.1 Å². The van der Waals surface area contributed by atoms with Gasteiger partial charge >= 0.3 is 0 Å². The fraction of sp³-hybridized carbons (Fsp3) is 0.684. The molecular formula is C19H32. The van der Waals surface area contributed by atoms with Crippen molar-refractivity contribution in [3.63, 3.8) is 0 Å². The molecule has 0 nitrogen and oxygen atoms in total. The highest BCUT2D eigenvalue weighted by atomic mass is 14.1.